The first kappa shape index (κ1) is 12.8. The van der Waals surface area contributed by atoms with Gasteiger partial charge in [0.15, 0.2) is 5.75 Å². The summed E-state index contributed by atoms with van der Waals surface area (Å²) in [4.78, 5) is 2.07. The first-order valence-electron chi connectivity index (χ1n) is 4.74. The lowest BCUT2D eigenvalue weighted by atomic mass is 10.2. The molecule has 1 rings (SSSR count). The Bertz CT molecular complexity index is 318. The van der Waals surface area contributed by atoms with Gasteiger partial charge >= 0.3 is 0 Å². The van der Waals surface area contributed by atoms with Crippen LogP contribution in [0.2, 0.25) is 5.02 Å². The fraction of sp³-hybridized carbons (Fsp3) is 0.455. The summed E-state index contributed by atoms with van der Waals surface area (Å²) >= 11 is 9.52. The third-order valence-corrected chi connectivity index (χ3v) is 2.80. The van der Waals surface area contributed by atoms with Gasteiger partial charge in [0, 0.05) is 6.54 Å². The van der Waals surface area contributed by atoms with Gasteiger partial charge in [0.2, 0.25) is 0 Å². The molecule has 1 aromatic carbocycles. The van der Waals surface area contributed by atoms with E-state index in [4.69, 9.17) is 16.3 Å². The van der Waals surface area contributed by atoms with Crippen LogP contribution >= 0.6 is 27.5 Å². The van der Waals surface area contributed by atoms with E-state index in [2.05, 4.69) is 20.8 Å². The first-order valence-corrected chi connectivity index (χ1v) is 5.91. The Kier molecular flexibility index (Phi) is 4.90. The zero-order valence-corrected chi connectivity index (χ0v) is 11.5. The van der Waals surface area contributed by atoms with Crippen LogP contribution in [0, 0.1) is 6.92 Å². The van der Waals surface area contributed by atoms with Gasteiger partial charge in [-0.25, -0.2) is 0 Å². The topological polar surface area (TPSA) is 12.5 Å². The predicted molar refractivity (Wildman–Crippen MR) is 67.9 cm³/mol. The van der Waals surface area contributed by atoms with Crippen LogP contribution in [0.25, 0.3) is 0 Å². The summed E-state index contributed by atoms with van der Waals surface area (Å²) in [6.45, 7) is 3.51. The molecule has 0 unspecified atom stereocenters. The molecular weight excluding hydrogens is 277 g/mol. The minimum atomic E-state index is 0.633. The van der Waals surface area contributed by atoms with Gasteiger partial charge in [-0.1, -0.05) is 11.6 Å². The second kappa shape index (κ2) is 5.73. The molecule has 84 valence electrons. The number of benzene rings is 1. The zero-order valence-electron chi connectivity index (χ0n) is 9.18. The summed E-state index contributed by atoms with van der Waals surface area (Å²) < 4.78 is 6.52. The van der Waals surface area contributed by atoms with Gasteiger partial charge in [-0.3, -0.25) is 0 Å². The summed E-state index contributed by atoms with van der Waals surface area (Å²) in [5.41, 5.74) is 1.12. The van der Waals surface area contributed by atoms with Crippen molar-refractivity contribution in [3.63, 3.8) is 0 Å². The molecule has 4 heteroatoms. The zero-order chi connectivity index (χ0) is 11.4. The minimum Gasteiger partial charge on any atom is -0.490 e. The molecule has 0 amide bonds. The Morgan fingerprint density at radius 1 is 1.40 bits per heavy atom. The highest BCUT2D eigenvalue weighted by Crippen LogP contribution is 2.34. The third kappa shape index (κ3) is 4.01. The SMILES string of the molecule is Cc1cc(Cl)c(OCCN(C)C)c(Br)c1. The van der Waals surface area contributed by atoms with Gasteiger partial charge in [-0.2, -0.15) is 0 Å². The van der Waals surface area contributed by atoms with Gasteiger partial charge in [0.1, 0.15) is 6.61 Å². The molecule has 0 atom stereocenters. The summed E-state index contributed by atoms with van der Waals surface area (Å²) in [5, 5.41) is 0.653. The average Bonchev–Trinajstić information content (AvgIpc) is 2.08. The summed E-state index contributed by atoms with van der Waals surface area (Å²) in [6, 6.07) is 3.90. The molecule has 0 aliphatic rings. The van der Waals surface area contributed by atoms with Crippen molar-refractivity contribution >= 4 is 27.5 Å². The highest BCUT2D eigenvalue weighted by molar-refractivity contribution is 9.10. The van der Waals surface area contributed by atoms with Crippen LogP contribution in [0.4, 0.5) is 0 Å². The van der Waals surface area contributed by atoms with Crippen molar-refractivity contribution in [3.8, 4) is 5.75 Å². The van der Waals surface area contributed by atoms with Crippen molar-refractivity contribution in [2.75, 3.05) is 27.2 Å². The molecule has 2 nitrogen and oxygen atoms in total. The fourth-order valence-corrected chi connectivity index (χ4v) is 2.29. The number of likely N-dealkylation sites (N-methyl/N-ethyl adjacent to an activating group) is 1. The first-order chi connectivity index (χ1) is 7.00. The molecule has 0 aromatic heterocycles. The number of aryl methyl sites for hydroxylation is 1. The molecule has 0 saturated heterocycles. The van der Waals surface area contributed by atoms with Crippen LogP contribution < -0.4 is 4.74 Å². The van der Waals surface area contributed by atoms with Crippen molar-refractivity contribution in [2.24, 2.45) is 0 Å². The molecule has 0 spiro atoms. The Labute approximate surface area is 104 Å². The molecule has 0 heterocycles. The summed E-state index contributed by atoms with van der Waals surface area (Å²) in [5.74, 6) is 0.726. The van der Waals surface area contributed by atoms with Gasteiger partial charge in [-0.05, 0) is 54.6 Å². The van der Waals surface area contributed by atoms with Crippen LogP contribution in [0.5, 0.6) is 5.75 Å². The van der Waals surface area contributed by atoms with Crippen LogP contribution in [0.1, 0.15) is 5.56 Å². The van der Waals surface area contributed by atoms with E-state index in [1.54, 1.807) is 0 Å². The lowest BCUT2D eigenvalue weighted by Crippen LogP contribution is -2.19. The quantitative estimate of drug-likeness (QED) is 0.844. The van der Waals surface area contributed by atoms with Crippen molar-refractivity contribution in [3.05, 3.63) is 27.2 Å². The van der Waals surface area contributed by atoms with E-state index in [0.29, 0.717) is 11.6 Å². The van der Waals surface area contributed by atoms with Crippen molar-refractivity contribution in [2.45, 2.75) is 6.92 Å². The number of halogens is 2. The molecule has 1 aromatic rings. The number of hydrogen-bond acceptors (Lipinski definition) is 2. The van der Waals surface area contributed by atoms with Gasteiger partial charge in [0.25, 0.3) is 0 Å². The Morgan fingerprint density at radius 2 is 2.07 bits per heavy atom. The van der Waals surface area contributed by atoms with E-state index in [1.807, 2.05) is 33.2 Å². The maximum Gasteiger partial charge on any atom is 0.152 e. The molecule has 0 radical (unpaired) electrons. The second-order valence-electron chi connectivity index (χ2n) is 3.71. The monoisotopic (exact) mass is 291 g/mol. The third-order valence-electron chi connectivity index (χ3n) is 1.93. The highest BCUT2D eigenvalue weighted by atomic mass is 79.9. The number of nitrogens with zero attached hydrogens (tertiary/aromatic N) is 1. The molecular formula is C11H15BrClNO. The van der Waals surface area contributed by atoms with Crippen LogP contribution in [0.3, 0.4) is 0 Å². The number of ether oxygens (including phenoxy) is 1. The molecule has 0 bridgehead atoms. The Balaban J connectivity index is 2.68. The lowest BCUT2D eigenvalue weighted by Gasteiger charge is -2.13. The van der Waals surface area contributed by atoms with E-state index < -0.39 is 0 Å². The molecule has 0 aliphatic heterocycles. The van der Waals surface area contributed by atoms with E-state index >= 15 is 0 Å². The fourth-order valence-electron chi connectivity index (χ4n) is 1.15. The van der Waals surface area contributed by atoms with Crippen molar-refractivity contribution < 1.29 is 4.74 Å². The van der Waals surface area contributed by atoms with Crippen LogP contribution in [0.15, 0.2) is 16.6 Å². The van der Waals surface area contributed by atoms with E-state index in [0.717, 1.165) is 22.3 Å². The van der Waals surface area contributed by atoms with Crippen LogP contribution in [-0.4, -0.2) is 32.1 Å². The standard InChI is InChI=1S/C11H15BrClNO/c1-8-6-9(12)11(10(13)7-8)15-5-4-14(2)3/h6-7H,4-5H2,1-3H3. The van der Waals surface area contributed by atoms with E-state index in [1.165, 1.54) is 0 Å². The van der Waals surface area contributed by atoms with Gasteiger partial charge in [0.05, 0.1) is 9.50 Å². The molecule has 0 fully saturated rings. The second-order valence-corrected chi connectivity index (χ2v) is 4.97. The maximum atomic E-state index is 6.08. The largest absolute Gasteiger partial charge is 0.490 e. The predicted octanol–water partition coefficient (Wildman–Crippen LogP) is 3.35. The highest BCUT2D eigenvalue weighted by Gasteiger charge is 2.07. The summed E-state index contributed by atoms with van der Waals surface area (Å²) in [6.07, 6.45) is 0. The Morgan fingerprint density at radius 3 is 2.60 bits per heavy atom. The Hall–Kier alpha value is -0.250. The minimum absolute atomic E-state index is 0.633. The molecule has 0 N–H and O–H groups in total. The van der Waals surface area contributed by atoms with E-state index in [-0.39, 0.29) is 0 Å². The van der Waals surface area contributed by atoms with Gasteiger partial charge < -0.3 is 9.64 Å². The maximum absolute atomic E-state index is 6.08. The lowest BCUT2D eigenvalue weighted by molar-refractivity contribution is 0.260. The normalized spacial score (nSPS) is 10.8. The molecule has 0 aliphatic carbocycles. The van der Waals surface area contributed by atoms with Crippen LogP contribution in [-0.2, 0) is 0 Å². The number of hydrogen-bond donors (Lipinski definition) is 0. The molecule has 0 saturated carbocycles. The smallest absolute Gasteiger partial charge is 0.152 e. The van der Waals surface area contributed by atoms with Gasteiger partial charge in [-0.15, -0.1) is 0 Å². The molecule has 15 heavy (non-hydrogen) atoms. The average molecular weight is 293 g/mol. The number of rotatable bonds is 4. The van der Waals surface area contributed by atoms with Crippen molar-refractivity contribution in [1.29, 1.82) is 0 Å². The summed E-state index contributed by atoms with van der Waals surface area (Å²) in [7, 11) is 4.02. The van der Waals surface area contributed by atoms with E-state index in [9.17, 15) is 0 Å². The van der Waals surface area contributed by atoms with Crippen molar-refractivity contribution in [1.82, 2.24) is 4.90 Å².